The van der Waals surface area contributed by atoms with Crippen molar-refractivity contribution in [3.63, 3.8) is 0 Å². The lowest BCUT2D eigenvalue weighted by molar-refractivity contribution is -0.190. The van der Waals surface area contributed by atoms with E-state index in [0.29, 0.717) is 41.0 Å². The van der Waals surface area contributed by atoms with Crippen LogP contribution < -0.4 is 0 Å². The van der Waals surface area contributed by atoms with Crippen LogP contribution in [0.5, 0.6) is 0 Å². The minimum absolute atomic E-state index is 0.0684. The Labute approximate surface area is 262 Å². The molecule has 2 fully saturated rings. The first-order valence-corrected chi connectivity index (χ1v) is 15.6. The van der Waals surface area contributed by atoms with Gasteiger partial charge in [-0.15, -0.1) is 0 Å². The predicted octanol–water partition coefficient (Wildman–Crippen LogP) is 5.69. The second kappa shape index (κ2) is 11.9. The van der Waals surface area contributed by atoms with Crippen LogP contribution in [-0.4, -0.2) is 58.3 Å². The Balaban J connectivity index is 1.53. The molecule has 3 aliphatic rings. The summed E-state index contributed by atoms with van der Waals surface area (Å²) in [4.78, 5) is 18.3. The highest BCUT2D eigenvalue weighted by Gasteiger charge is 2.57. The van der Waals surface area contributed by atoms with Gasteiger partial charge in [-0.3, -0.25) is 9.69 Å². The lowest BCUT2D eigenvalue weighted by atomic mass is 9.73. The molecule has 3 aromatic carbocycles. The molecule has 1 unspecified atom stereocenters. The Hall–Kier alpha value is -3.32. The number of aliphatic hydroxyl groups excluding tert-OH is 1. The number of hydrogen-bond acceptors (Lipinski definition) is 6. The summed E-state index contributed by atoms with van der Waals surface area (Å²) < 4.78 is 23.6. The van der Waals surface area contributed by atoms with Crippen LogP contribution in [0.1, 0.15) is 77.2 Å². The lowest BCUT2D eigenvalue weighted by Gasteiger charge is -2.45. The second-order valence-electron chi connectivity index (χ2n) is 12.5. The molecule has 230 valence electrons. The Morgan fingerprint density at radius 3 is 2.36 bits per heavy atom. The highest BCUT2D eigenvalue weighted by Crippen LogP contribution is 2.51. The molecule has 0 radical (unpaired) electrons. The van der Waals surface area contributed by atoms with Crippen molar-refractivity contribution in [1.82, 2.24) is 9.80 Å². The molecule has 3 aromatic rings. The molecule has 1 amide bonds. The summed E-state index contributed by atoms with van der Waals surface area (Å²) in [5, 5.41) is 32.0. The average molecular weight is 618 g/mol. The number of fused-ring (bicyclic) bond motifs is 1. The Kier molecular flexibility index (Phi) is 8.29. The summed E-state index contributed by atoms with van der Waals surface area (Å²) in [5.41, 5.74) is -0.598. The number of piperidine rings is 1. The summed E-state index contributed by atoms with van der Waals surface area (Å²) >= 11 is 6.27. The van der Waals surface area contributed by atoms with Crippen LogP contribution in [0.4, 0.5) is 4.39 Å². The fraction of sp³-hybridized carbons (Fsp3) is 0.429. The molecule has 7 nitrogen and oxygen atoms in total. The number of benzene rings is 3. The molecule has 2 aliphatic heterocycles. The van der Waals surface area contributed by atoms with E-state index in [9.17, 15) is 20.3 Å². The molecule has 2 atom stereocenters. The van der Waals surface area contributed by atoms with Gasteiger partial charge in [-0.2, -0.15) is 5.26 Å². The van der Waals surface area contributed by atoms with Crippen LogP contribution in [0.3, 0.4) is 0 Å². The third-order valence-corrected chi connectivity index (χ3v) is 10.0. The number of carbonyl (C=O) groups is 1. The van der Waals surface area contributed by atoms with Gasteiger partial charge in [0.1, 0.15) is 5.82 Å². The van der Waals surface area contributed by atoms with E-state index in [4.69, 9.17) is 16.3 Å². The molecular weight excluding hydrogens is 581 g/mol. The maximum Gasteiger partial charge on any atom is 0.257 e. The zero-order valence-corrected chi connectivity index (χ0v) is 25.7. The largest absolute Gasteiger partial charge is 0.393 e. The quantitative estimate of drug-likeness (QED) is 0.337. The van der Waals surface area contributed by atoms with Crippen LogP contribution in [0.2, 0.25) is 5.02 Å². The van der Waals surface area contributed by atoms with Gasteiger partial charge in [0.2, 0.25) is 5.72 Å². The number of ether oxygens (including phenoxy) is 1. The summed E-state index contributed by atoms with van der Waals surface area (Å²) in [6, 6.07) is 18.9. The van der Waals surface area contributed by atoms with E-state index in [1.165, 1.54) is 11.0 Å². The molecule has 0 spiro atoms. The van der Waals surface area contributed by atoms with E-state index in [-0.39, 0.29) is 23.6 Å². The lowest BCUT2D eigenvalue weighted by Crippen LogP contribution is -2.51. The highest BCUT2D eigenvalue weighted by atomic mass is 35.5. The Morgan fingerprint density at radius 2 is 1.77 bits per heavy atom. The van der Waals surface area contributed by atoms with E-state index >= 15 is 4.39 Å². The molecule has 0 aromatic heterocycles. The van der Waals surface area contributed by atoms with Crippen molar-refractivity contribution < 1.29 is 24.1 Å². The number of aliphatic hydroxyl groups is 2. The van der Waals surface area contributed by atoms with E-state index < -0.39 is 35.3 Å². The van der Waals surface area contributed by atoms with Gasteiger partial charge in [0.25, 0.3) is 5.91 Å². The number of rotatable bonds is 8. The number of nitriles is 1. The zero-order valence-electron chi connectivity index (χ0n) is 25.0. The molecule has 2 heterocycles. The third-order valence-electron chi connectivity index (χ3n) is 9.78. The van der Waals surface area contributed by atoms with E-state index in [1.54, 1.807) is 54.6 Å². The molecule has 0 bridgehead atoms. The number of likely N-dealkylation sites (tertiary alicyclic amines) is 1. The van der Waals surface area contributed by atoms with Gasteiger partial charge in [0.05, 0.1) is 40.6 Å². The number of hydrogen-bond donors (Lipinski definition) is 2. The minimum atomic E-state index is -1.66. The molecule has 1 saturated carbocycles. The van der Waals surface area contributed by atoms with Crippen molar-refractivity contribution in [2.75, 3.05) is 20.1 Å². The molecule has 2 N–H and O–H groups in total. The standard InChI is InChI=1S/C35H37ClFN3O4/c1-3-34(43,24-12-14-39(2)15-13-24)26-16-30-32(31(37)17-26)35(44-29-18-28(41)19-29,25-8-10-27(36)11-9-25)40(33(30)42)21-23-6-4-22(20-38)5-7-23/h4-11,16-17,24,28-29,41,43H,3,12-15,18-19,21H2,1-2H3/t28-,29+,34-,35?/m0/s1. The molecule has 9 heteroatoms. The van der Waals surface area contributed by atoms with Crippen LogP contribution in [0.25, 0.3) is 0 Å². The van der Waals surface area contributed by atoms with Gasteiger partial charge in [-0.1, -0.05) is 42.8 Å². The first-order valence-electron chi connectivity index (χ1n) is 15.3. The van der Waals surface area contributed by atoms with E-state index in [0.717, 1.165) is 31.5 Å². The zero-order chi connectivity index (χ0) is 31.2. The van der Waals surface area contributed by atoms with Crippen molar-refractivity contribution in [1.29, 1.82) is 5.26 Å². The van der Waals surface area contributed by atoms with Crippen molar-refractivity contribution in [2.45, 2.75) is 69.1 Å². The topological polar surface area (TPSA) is 97.0 Å². The predicted molar refractivity (Wildman–Crippen MR) is 164 cm³/mol. The van der Waals surface area contributed by atoms with Crippen LogP contribution >= 0.6 is 11.6 Å². The summed E-state index contributed by atoms with van der Waals surface area (Å²) in [7, 11) is 2.05. The minimum Gasteiger partial charge on any atom is -0.393 e. The average Bonchev–Trinajstić information content (AvgIpc) is 3.24. The van der Waals surface area contributed by atoms with Crippen molar-refractivity contribution in [3.8, 4) is 6.07 Å². The number of carbonyl (C=O) groups excluding carboxylic acids is 1. The normalized spacial score (nSPS) is 25.3. The molecule has 1 saturated heterocycles. The highest BCUT2D eigenvalue weighted by molar-refractivity contribution is 6.30. The van der Waals surface area contributed by atoms with Gasteiger partial charge in [-0.25, -0.2) is 4.39 Å². The summed E-state index contributed by atoms with van der Waals surface area (Å²) in [5.74, 6) is -1.15. The van der Waals surface area contributed by atoms with Gasteiger partial charge in [0, 0.05) is 17.1 Å². The maximum absolute atomic E-state index is 16.9. The number of nitrogens with zero attached hydrogens (tertiary/aromatic N) is 3. The Bertz CT molecular complexity index is 1580. The fourth-order valence-electron chi connectivity index (χ4n) is 7.10. The number of amides is 1. The SMILES string of the molecule is CC[C@@](O)(c1cc(F)c2c(c1)C(=O)N(Cc1ccc(C#N)cc1)C2(O[C@H]1C[C@@H](O)C1)c1ccc(Cl)cc1)C1CCN(C)CC1. The van der Waals surface area contributed by atoms with Gasteiger partial charge in [-0.05, 0) is 106 Å². The van der Waals surface area contributed by atoms with Crippen LogP contribution in [-0.2, 0) is 22.6 Å². The molecule has 1 aliphatic carbocycles. The fourth-order valence-corrected chi connectivity index (χ4v) is 7.23. The monoisotopic (exact) mass is 617 g/mol. The first kappa shape index (κ1) is 30.7. The van der Waals surface area contributed by atoms with Gasteiger partial charge < -0.3 is 19.8 Å². The van der Waals surface area contributed by atoms with Crippen molar-refractivity contribution in [2.24, 2.45) is 5.92 Å². The third kappa shape index (κ3) is 5.21. The van der Waals surface area contributed by atoms with Crippen molar-refractivity contribution in [3.05, 3.63) is 105 Å². The Morgan fingerprint density at radius 1 is 1.11 bits per heavy atom. The van der Waals surface area contributed by atoms with E-state index in [2.05, 4.69) is 18.0 Å². The maximum atomic E-state index is 16.9. The number of halogens is 2. The molecular formula is C35H37ClFN3O4. The van der Waals surface area contributed by atoms with Gasteiger partial charge in [0.15, 0.2) is 0 Å². The summed E-state index contributed by atoms with van der Waals surface area (Å²) in [6.07, 6.45) is 1.66. The molecule has 44 heavy (non-hydrogen) atoms. The van der Waals surface area contributed by atoms with Crippen LogP contribution in [0, 0.1) is 23.1 Å². The van der Waals surface area contributed by atoms with E-state index in [1.807, 2.05) is 6.92 Å². The van der Waals surface area contributed by atoms with Crippen LogP contribution in [0.15, 0.2) is 60.7 Å². The van der Waals surface area contributed by atoms with Crippen molar-refractivity contribution >= 4 is 17.5 Å². The molecule has 6 rings (SSSR count). The second-order valence-corrected chi connectivity index (χ2v) is 12.9. The smallest absolute Gasteiger partial charge is 0.257 e. The summed E-state index contributed by atoms with van der Waals surface area (Å²) in [6.45, 7) is 3.63. The van der Waals surface area contributed by atoms with Gasteiger partial charge >= 0.3 is 0 Å². The first-order chi connectivity index (χ1) is 21.1.